The number of carbonyl (C=O) groups is 2. The first kappa shape index (κ1) is 24.5. The third kappa shape index (κ3) is 5.07. The third-order valence-corrected chi connectivity index (χ3v) is 6.38. The van der Waals surface area contributed by atoms with Gasteiger partial charge >= 0.3 is 0 Å². The van der Waals surface area contributed by atoms with Gasteiger partial charge in [0.2, 0.25) is 0 Å². The van der Waals surface area contributed by atoms with E-state index in [1.165, 1.54) is 6.07 Å². The fraction of sp³-hybridized carbons (Fsp3) is 0.333. The maximum atomic E-state index is 14.2. The van der Waals surface area contributed by atoms with E-state index in [-0.39, 0.29) is 24.2 Å². The number of carbonyl (C=O) groups excluding carboxylic acids is 2. The van der Waals surface area contributed by atoms with Gasteiger partial charge in [0.15, 0.2) is 0 Å². The van der Waals surface area contributed by atoms with E-state index in [0.29, 0.717) is 41.8 Å². The van der Waals surface area contributed by atoms with Crippen LogP contribution in [-0.2, 0) is 6.42 Å². The number of aromatic amines is 2. The molecule has 0 radical (unpaired) electrons. The second kappa shape index (κ2) is 9.54. The van der Waals surface area contributed by atoms with Gasteiger partial charge in [-0.1, -0.05) is 26.0 Å². The van der Waals surface area contributed by atoms with Gasteiger partial charge in [-0.3, -0.25) is 9.59 Å². The summed E-state index contributed by atoms with van der Waals surface area (Å²) >= 11 is 0. The number of aryl methyl sites for hydroxylation is 2. The quantitative estimate of drug-likeness (QED) is 0.263. The van der Waals surface area contributed by atoms with Crippen LogP contribution in [0.2, 0.25) is 0 Å². The zero-order chi connectivity index (χ0) is 25.3. The Balaban J connectivity index is 1.43. The van der Waals surface area contributed by atoms with Gasteiger partial charge in [-0.15, -0.1) is 0 Å². The molecule has 0 spiro atoms. The number of fused-ring (bicyclic) bond motifs is 2. The molecule has 0 aliphatic rings. The summed E-state index contributed by atoms with van der Waals surface area (Å²) in [5.74, 6) is -0.778. The first-order valence-corrected chi connectivity index (χ1v) is 11.7. The zero-order valence-corrected chi connectivity index (χ0v) is 20.4. The first-order chi connectivity index (χ1) is 16.6. The van der Waals surface area contributed by atoms with Crippen LogP contribution >= 0.6 is 0 Å². The van der Waals surface area contributed by atoms with Crippen molar-refractivity contribution in [3.63, 3.8) is 0 Å². The molecule has 2 aromatic carbocycles. The topological polar surface area (TPSA) is 110 Å². The maximum Gasteiger partial charge on any atom is 0.267 e. The number of aliphatic hydroxyl groups excluding tert-OH is 1. The third-order valence-electron chi connectivity index (χ3n) is 6.38. The molecule has 0 fully saturated rings. The van der Waals surface area contributed by atoms with Crippen molar-refractivity contribution in [2.24, 2.45) is 5.41 Å². The number of nitrogens with one attached hydrogen (secondary N) is 4. The Bertz CT molecular complexity index is 1420. The van der Waals surface area contributed by atoms with Gasteiger partial charge in [-0.25, -0.2) is 4.39 Å². The number of H-pyrrole nitrogens is 2. The molecule has 0 saturated heterocycles. The monoisotopic (exact) mass is 478 g/mol. The lowest BCUT2D eigenvalue weighted by Crippen LogP contribution is -2.36. The molecule has 0 unspecified atom stereocenters. The molecule has 5 N–H and O–H groups in total. The molecule has 7 nitrogen and oxygen atoms in total. The lowest BCUT2D eigenvalue weighted by molar-refractivity contribution is 0.0909. The van der Waals surface area contributed by atoms with Crippen molar-refractivity contribution in [1.82, 2.24) is 20.6 Å². The molecule has 0 aliphatic carbocycles. The predicted molar refractivity (Wildman–Crippen MR) is 135 cm³/mol. The van der Waals surface area contributed by atoms with Crippen LogP contribution in [0.3, 0.4) is 0 Å². The molecular weight excluding hydrogens is 447 g/mol. The van der Waals surface area contributed by atoms with Crippen molar-refractivity contribution in [1.29, 1.82) is 0 Å². The van der Waals surface area contributed by atoms with Crippen LogP contribution in [0, 0.1) is 25.1 Å². The summed E-state index contributed by atoms with van der Waals surface area (Å²) < 4.78 is 14.2. The Morgan fingerprint density at radius 1 is 1.03 bits per heavy atom. The largest absolute Gasteiger partial charge is 0.396 e. The smallest absolute Gasteiger partial charge is 0.267 e. The van der Waals surface area contributed by atoms with Gasteiger partial charge in [-0.05, 0) is 55.7 Å². The Labute approximate surface area is 203 Å². The molecule has 2 amide bonds. The molecule has 2 aromatic heterocycles. The van der Waals surface area contributed by atoms with Crippen LogP contribution < -0.4 is 10.6 Å². The Morgan fingerprint density at radius 3 is 2.54 bits per heavy atom. The van der Waals surface area contributed by atoms with Crippen molar-refractivity contribution < 1.29 is 19.1 Å². The van der Waals surface area contributed by atoms with E-state index in [9.17, 15) is 19.1 Å². The van der Waals surface area contributed by atoms with E-state index < -0.39 is 5.41 Å². The minimum atomic E-state index is -0.407. The number of hydrogen-bond donors (Lipinski definition) is 5. The number of aliphatic hydroxyl groups is 1. The SMILES string of the molecule is Cc1[nH]c2c(F)ccc(C)c2c1CCNC(=O)c1cc2ccc(C(=O)NCC(C)(C)CO)cc2[nH]1. The number of amides is 2. The number of hydrogen-bond acceptors (Lipinski definition) is 3. The number of aromatic nitrogens is 2. The Morgan fingerprint density at radius 2 is 1.80 bits per heavy atom. The van der Waals surface area contributed by atoms with Gasteiger partial charge in [-0.2, -0.15) is 0 Å². The van der Waals surface area contributed by atoms with Gasteiger partial charge < -0.3 is 25.7 Å². The lowest BCUT2D eigenvalue weighted by Gasteiger charge is -2.21. The molecule has 4 aromatic rings. The summed E-state index contributed by atoms with van der Waals surface area (Å²) in [4.78, 5) is 31.5. The number of rotatable bonds is 8. The van der Waals surface area contributed by atoms with Crippen LogP contribution in [0.4, 0.5) is 4.39 Å². The van der Waals surface area contributed by atoms with Crippen LogP contribution in [0.1, 0.15) is 51.5 Å². The van der Waals surface area contributed by atoms with E-state index in [1.54, 1.807) is 30.3 Å². The fourth-order valence-corrected chi connectivity index (χ4v) is 4.22. The van der Waals surface area contributed by atoms with E-state index in [2.05, 4.69) is 20.6 Å². The van der Waals surface area contributed by atoms with Gasteiger partial charge in [0, 0.05) is 52.7 Å². The highest BCUT2D eigenvalue weighted by molar-refractivity contribution is 6.01. The lowest BCUT2D eigenvalue weighted by atomic mass is 9.95. The van der Waals surface area contributed by atoms with Crippen LogP contribution in [0.15, 0.2) is 36.4 Å². The van der Waals surface area contributed by atoms with Crippen molar-refractivity contribution in [2.75, 3.05) is 19.7 Å². The molecule has 0 bridgehead atoms. The molecular formula is C27H31FN4O3. The van der Waals surface area contributed by atoms with E-state index in [1.807, 2.05) is 27.7 Å². The minimum absolute atomic E-state index is 0.0300. The zero-order valence-electron chi connectivity index (χ0n) is 20.4. The Kier molecular flexibility index (Phi) is 6.67. The highest BCUT2D eigenvalue weighted by atomic mass is 19.1. The van der Waals surface area contributed by atoms with Crippen LogP contribution in [0.5, 0.6) is 0 Å². The van der Waals surface area contributed by atoms with E-state index >= 15 is 0 Å². The first-order valence-electron chi connectivity index (χ1n) is 11.7. The molecule has 8 heteroatoms. The second-order valence-electron chi connectivity index (χ2n) is 9.84. The van der Waals surface area contributed by atoms with Crippen molar-refractivity contribution in [3.05, 3.63) is 70.3 Å². The summed E-state index contributed by atoms with van der Waals surface area (Å²) in [6, 6.07) is 10.2. The second-order valence-corrected chi connectivity index (χ2v) is 9.84. The van der Waals surface area contributed by atoms with E-state index in [0.717, 1.165) is 27.6 Å². The van der Waals surface area contributed by atoms with E-state index in [4.69, 9.17) is 0 Å². The Hall–Kier alpha value is -3.65. The van der Waals surface area contributed by atoms with Crippen molar-refractivity contribution in [2.45, 2.75) is 34.1 Å². The highest BCUT2D eigenvalue weighted by Crippen LogP contribution is 2.28. The summed E-state index contributed by atoms with van der Waals surface area (Å²) in [6.45, 7) is 8.30. The highest BCUT2D eigenvalue weighted by Gasteiger charge is 2.19. The van der Waals surface area contributed by atoms with Gasteiger partial charge in [0.1, 0.15) is 11.5 Å². The predicted octanol–water partition coefficient (Wildman–Crippen LogP) is 4.13. The molecule has 4 rings (SSSR count). The molecule has 0 atom stereocenters. The summed E-state index contributed by atoms with van der Waals surface area (Å²) in [5.41, 5.74) is 4.52. The molecule has 2 heterocycles. The van der Waals surface area contributed by atoms with Gasteiger partial charge in [0.25, 0.3) is 11.8 Å². The molecule has 184 valence electrons. The average molecular weight is 479 g/mol. The van der Waals surface area contributed by atoms with Crippen LogP contribution in [0.25, 0.3) is 21.8 Å². The van der Waals surface area contributed by atoms with Crippen molar-refractivity contribution >= 4 is 33.6 Å². The number of halogens is 1. The standard InChI is InChI=1S/C27H31FN4O3/c1-15-5-8-20(28)24-23(15)19(16(2)31-24)9-10-29-26(35)22-11-17-6-7-18(12-21(17)32-22)25(34)30-13-27(3,4)14-33/h5-8,11-12,31-33H,9-10,13-14H2,1-4H3,(H,29,35)(H,30,34). The molecule has 35 heavy (non-hydrogen) atoms. The fourth-order valence-electron chi connectivity index (χ4n) is 4.22. The minimum Gasteiger partial charge on any atom is -0.396 e. The summed E-state index contributed by atoms with van der Waals surface area (Å²) in [6.07, 6.45) is 0.566. The normalized spacial score (nSPS) is 11.8. The van der Waals surface area contributed by atoms with Crippen LogP contribution in [-0.4, -0.2) is 46.6 Å². The van der Waals surface area contributed by atoms with Gasteiger partial charge in [0.05, 0.1) is 5.52 Å². The maximum absolute atomic E-state index is 14.2. The van der Waals surface area contributed by atoms with Crippen molar-refractivity contribution in [3.8, 4) is 0 Å². The number of benzene rings is 2. The summed E-state index contributed by atoms with van der Waals surface area (Å²) in [7, 11) is 0. The average Bonchev–Trinajstić information content (AvgIpc) is 3.41. The molecule has 0 saturated carbocycles. The summed E-state index contributed by atoms with van der Waals surface area (Å²) in [5, 5.41) is 16.8. The molecule has 0 aliphatic heterocycles.